The number of rotatable bonds is 4. The lowest BCUT2D eigenvalue weighted by atomic mass is 10.3. The quantitative estimate of drug-likeness (QED) is 0.661. The molecule has 3 aromatic rings. The van der Waals surface area contributed by atoms with Gasteiger partial charge in [-0.15, -0.1) is 5.10 Å². The largest absolute Gasteiger partial charge is 0.287 e. The van der Waals surface area contributed by atoms with Crippen molar-refractivity contribution >= 4 is 50.7 Å². The first-order chi connectivity index (χ1) is 12.7. The molecule has 0 radical (unpaired) electrons. The smallest absolute Gasteiger partial charge is 0.266 e. The molecular weight excluding hydrogens is 435 g/mol. The molecule has 11 heteroatoms. The molecule has 0 fully saturated rings. The van der Waals surface area contributed by atoms with E-state index in [0.29, 0.717) is 15.7 Å². The van der Waals surface area contributed by atoms with Gasteiger partial charge in [-0.25, -0.2) is 17.8 Å². The van der Waals surface area contributed by atoms with Crippen molar-refractivity contribution in [3.8, 4) is 5.69 Å². The molecule has 1 aromatic heterocycles. The molecule has 7 nitrogen and oxygen atoms in total. The molecule has 1 heterocycles. The molecule has 0 aliphatic heterocycles. The summed E-state index contributed by atoms with van der Waals surface area (Å²) < 4.78 is 28.1. The summed E-state index contributed by atoms with van der Waals surface area (Å²) in [4.78, 5) is 12.2. The van der Waals surface area contributed by atoms with Gasteiger partial charge in [0.1, 0.15) is 4.90 Å². The Kier molecular flexibility index (Phi) is 5.43. The summed E-state index contributed by atoms with van der Waals surface area (Å²) in [6.07, 6.45) is 0. The van der Waals surface area contributed by atoms with Gasteiger partial charge >= 0.3 is 0 Å². The van der Waals surface area contributed by atoms with E-state index in [1.807, 2.05) is 4.72 Å². The van der Waals surface area contributed by atoms with Gasteiger partial charge in [0.2, 0.25) is 0 Å². The zero-order chi connectivity index (χ0) is 19.8. The van der Waals surface area contributed by atoms with E-state index in [1.54, 1.807) is 31.2 Å². The molecule has 0 saturated carbocycles. The van der Waals surface area contributed by atoms with Gasteiger partial charge in [-0.05, 0) is 37.3 Å². The van der Waals surface area contributed by atoms with Gasteiger partial charge in [-0.1, -0.05) is 52.1 Å². The summed E-state index contributed by atoms with van der Waals surface area (Å²) in [6.45, 7) is 1.55. The van der Waals surface area contributed by atoms with Crippen molar-refractivity contribution in [2.24, 2.45) is 0 Å². The first-order valence-electron chi connectivity index (χ1n) is 7.40. The minimum Gasteiger partial charge on any atom is -0.266 e. The van der Waals surface area contributed by atoms with Crippen LogP contribution in [0, 0.1) is 6.92 Å². The van der Waals surface area contributed by atoms with Crippen molar-refractivity contribution in [2.75, 3.05) is 0 Å². The number of benzene rings is 2. The average Bonchev–Trinajstić information content (AvgIpc) is 2.98. The molecule has 0 bridgehead atoms. The first kappa shape index (κ1) is 19.6. The van der Waals surface area contributed by atoms with Crippen LogP contribution in [-0.4, -0.2) is 29.3 Å². The molecule has 0 aliphatic carbocycles. The molecule has 1 N–H and O–H groups in total. The fraction of sp³-hybridized carbons (Fsp3) is 0.0625. The predicted molar refractivity (Wildman–Crippen MR) is 102 cm³/mol. The minimum atomic E-state index is -4.18. The topological polar surface area (TPSA) is 93.9 Å². The van der Waals surface area contributed by atoms with Crippen molar-refractivity contribution in [1.29, 1.82) is 0 Å². The summed E-state index contributed by atoms with van der Waals surface area (Å²) in [5, 5.41) is 8.38. The fourth-order valence-corrected chi connectivity index (χ4v) is 4.14. The Balaban J connectivity index is 1.94. The molecule has 140 valence electrons. The van der Waals surface area contributed by atoms with Crippen molar-refractivity contribution in [2.45, 2.75) is 11.8 Å². The summed E-state index contributed by atoms with van der Waals surface area (Å²) in [6, 6.07) is 10.5. The number of hydrogen-bond acceptors (Lipinski definition) is 5. The van der Waals surface area contributed by atoms with Crippen LogP contribution in [-0.2, 0) is 10.0 Å². The van der Waals surface area contributed by atoms with Gasteiger partial charge in [-0.2, -0.15) is 0 Å². The maximum Gasteiger partial charge on any atom is 0.287 e. The van der Waals surface area contributed by atoms with E-state index in [1.165, 1.54) is 22.9 Å². The highest BCUT2D eigenvalue weighted by Crippen LogP contribution is 2.25. The molecule has 3 rings (SSSR count). The highest BCUT2D eigenvalue weighted by Gasteiger charge is 2.25. The molecule has 0 spiro atoms. The number of aromatic nitrogens is 3. The Morgan fingerprint density at radius 2 is 1.78 bits per heavy atom. The van der Waals surface area contributed by atoms with Gasteiger partial charge in [0, 0.05) is 5.02 Å². The first-order valence-corrected chi connectivity index (χ1v) is 10.0. The van der Waals surface area contributed by atoms with Crippen LogP contribution in [0.5, 0.6) is 0 Å². The standard InChI is InChI=1S/C16H11Cl3N4O3S/c1-9-15(20-22-23(9)13-8-10(17)6-7-11(13)18)16(24)21-27(25,26)14-5-3-2-4-12(14)19/h2-8H,1H3,(H,21,24). The van der Waals surface area contributed by atoms with Gasteiger partial charge in [0.05, 0.1) is 21.4 Å². The van der Waals surface area contributed by atoms with Crippen LogP contribution in [0.2, 0.25) is 15.1 Å². The maximum atomic E-state index is 12.5. The van der Waals surface area contributed by atoms with Crippen molar-refractivity contribution < 1.29 is 13.2 Å². The number of amides is 1. The Morgan fingerprint density at radius 1 is 1.07 bits per heavy atom. The van der Waals surface area contributed by atoms with E-state index in [0.717, 1.165) is 0 Å². The van der Waals surface area contributed by atoms with Crippen molar-refractivity contribution in [3.05, 3.63) is 68.9 Å². The number of carbonyl (C=O) groups excluding carboxylic acids is 1. The molecule has 0 unspecified atom stereocenters. The average molecular weight is 446 g/mol. The van der Waals surface area contributed by atoms with Crippen LogP contribution in [0.15, 0.2) is 47.4 Å². The lowest BCUT2D eigenvalue weighted by molar-refractivity contribution is 0.0976. The Labute approximate surface area is 169 Å². The molecule has 0 atom stereocenters. The van der Waals surface area contributed by atoms with E-state index in [2.05, 4.69) is 10.3 Å². The van der Waals surface area contributed by atoms with Crippen LogP contribution in [0.1, 0.15) is 16.2 Å². The number of nitrogens with one attached hydrogen (secondary N) is 1. The van der Waals surface area contributed by atoms with Crippen LogP contribution in [0.3, 0.4) is 0 Å². The SMILES string of the molecule is Cc1c(C(=O)NS(=O)(=O)c2ccccc2Cl)nnn1-c1cc(Cl)ccc1Cl. The lowest BCUT2D eigenvalue weighted by Crippen LogP contribution is -2.31. The summed E-state index contributed by atoms with van der Waals surface area (Å²) >= 11 is 18.0. The zero-order valence-electron chi connectivity index (χ0n) is 13.6. The molecule has 2 aromatic carbocycles. The normalized spacial score (nSPS) is 11.4. The van der Waals surface area contributed by atoms with E-state index >= 15 is 0 Å². The molecule has 0 aliphatic rings. The third-order valence-corrected chi connectivity index (χ3v) is 5.98. The summed E-state index contributed by atoms with van der Waals surface area (Å²) in [7, 11) is -4.18. The van der Waals surface area contributed by atoms with Crippen LogP contribution in [0.4, 0.5) is 0 Å². The monoisotopic (exact) mass is 444 g/mol. The number of sulfonamides is 1. The van der Waals surface area contributed by atoms with Crippen molar-refractivity contribution in [3.63, 3.8) is 0 Å². The highest BCUT2D eigenvalue weighted by molar-refractivity contribution is 7.90. The third kappa shape index (κ3) is 3.93. The third-order valence-electron chi connectivity index (χ3n) is 3.60. The second-order valence-corrected chi connectivity index (χ2v) is 8.30. The van der Waals surface area contributed by atoms with Gasteiger partial charge in [0.25, 0.3) is 15.9 Å². The second kappa shape index (κ2) is 7.47. The van der Waals surface area contributed by atoms with E-state index in [9.17, 15) is 13.2 Å². The van der Waals surface area contributed by atoms with Gasteiger partial charge < -0.3 is 0 Å². The second-order valence-electron chi connectivity index (χ2n) is 5.40. The van der Waals surface area contributed by atoms with Crippen molar-refractivity contribution in [1.82, 2.24) is 19.7 Å². The molecule has 1 amide bonds. The minimum absolute atomic E-state index is 0.0103. The number of hydrogen-bond donors (Lipinski definition) is 1. The maximum absolute atomic E-state index is 12.5. The predicted octanol–water partition coefficient (Wildman–Crippen LogP) is 3.65. The van der Waals surface area contributed by atoms with Gasteiger partial charge in [0.15, 0.2) is 5.69 Å². The molecule has 27 heavy (non-hydrogen) atoms. The van der Waals surface area contributed by atoms with Crippen LogP contribution in [0.25, 0.3) is 5.69 Å². The number of halogens is 3. The summed E-state index contributed by atoms with van der Waals surface area (Å²) in [5.41, 5.74) is 0.509. The highest BCUT2D eigenvalue weighted by atomic mass is 35.5. The Bertz CT molecular complexity index is 1150. The zero-order valence-corrected chi connectivity index (χ0v) is 16.7. The number of carbonyl (C=O) groups is 1. The summed E-state index contributed by atoms with van der Waals surface area (Å²) in [5.74, 6) is -0.947. The van der Waals surface area contributed by atoms with E-state index in [-0.39, 0.29) is 21.3 Å². The Morgan fingerprint density at radius 3 is 2.48 bits per heavy atom. The van der Waals surface area contributed by atoms with E-state index < -0.39 is 15.9 Å². The van der Waals surface area contributed by atoms with E-state index in [4.69, 9.17) is 34.8 Å². The van der Waals surface area contributed by atoms with Crippen LogP contribution >= 0.6 is 34.8 Å². The fourth-order valence-electron chi connectivity index (χ4n) is 2.30. The molecular formula is C16H11Cl3N4O3S. The van der Waals surface area contributed by atoms with Gasteiger partial charge in [-0.3, -0.25) is 4.79 Å². The number of nitrogens with zero attached hydrogens (tertiary/aromatic N) is 3. The molecule has 0 saturated heterocycles. The lowest BCUT2D eigenvalue weighted by Gasteiger charge is -2.08. The Hall–Kier alpha value is -2.13. The van der Waals surface area contributed by atoms with Crippen LogP contribution < -0.4 is 4.72 Å².